The Hall–Kier alpha value is -2.24. The molecule has 2 atom stereocenters. The molecule has 2 N–H and O–H groups in total. The number of hydrogen-bond acceptors (Lipinski definition) is 5. The van der Waals surface area contributed by atoms with Crippen molar-refractivity contribution in [1.29, 1.82) is 0 Å². The van der Waals surface area contributed by atoms with Crippen LogP contribution in [0.3, 0.4) is 0 Å². The molecule has 0 radical (unpaired) electrons. The van der Waals surface area contributed by atoms with Gasteiger partial charge in [0.15, 0.2) is 5.13 Å². The number of fused-ring (bicyclic) bond motifs is 2. The Bertz CT molecular complexity index is 895. The molecule has 2 saturated heterocycles. The molecule has 4 heterocycles. The number of anilines is 2. The highest BCUT2D eigenvalue weighted by atomic mass is 32.1. The first-order valence-corrected chi connectivity index (χ1v) is 10.6. The maximum absolute atomic E-state index is 4.85. The smallest absolute Gasteiger partial charge is 0.188 e. The molecular formula is C22H24N4S. The van der Waals surface area contributed by atoms with Gasteiger partial charge in [0.2, 0.25) is 0 Å². The normalized spacial score (nSPS) is 24.1. The summed E-state index contributed by atoms with van der Waals surface area (Å²) >= 11 is 1.66. The Labute approximate surface area is 164 Å². The Morgan fingerprint density at radius 2 is 1.81 bits per heavy atom. The Morgan fingerprint density at radius 3 is 2.63 bits per heavy atom. The van der Waals surface area contributed by atoms with Crippen molar-refractivity contribution in [3.8, 4) is 10.4 Å². The summed E-state index contributed by atoms with van der Waals surface area (Å²) in [5.74, 6) is 1.65. The van der Waals surface area contributed by atoms with Crippen molar-refractivity contribution in [2.75, 3.05) is 5.32 Å². The van der Waals surface area contributed by atoms with Gasteiger partial charge in [-0.2, -0.15) is 0 Å². The minimum absolute atomic E-state index is 0.738. The third-order valence-electron chi connectivity index (χ3n) is 5.67. The molecule has 2 bridgehead atoms. The number of hydrogen-bond donors (Lipinski definition) is 2. The van der Waals surface area contributed by atoms with Crippen molar-refractivity contribution in [2.45, 2.75) is 44.2 Å². The average Bonchev–Trinajstić information content (AvgIpc) is 3.29. The van der Waals surface area contributed by atoms with Crippen LogP contribution in [0.2, 0.25) is 0 Å². The maximum Gasteiger partial charge on any atom is 0.188 e. The molecule has 0 aliphatic carbocycles. The van der Waals surface area contributed by atoms with Crippen molar-refractivity contribution < 1.29 is 0 Å². The zero-order valence-electron chi connectivity index (χ0n) is 15.3. The van der Waals surface area contributed by atoms with Gasteiger partial charge in [-0.15, -0.1) is 0 Å². The van der Waals surface area contributed by atoms with Crippen LogP contribution in [0.25, 0.3) is 10.4 Å². The van der Waals surface area contributed by atoms with E-state index < -0.39 is 0 Å². The van der Waals surface area contributed by atoms with Crippen molar-refractivity contribution in [3.63, 3.8) is 0 Å². The first kappa shape index (κ1) is 16.9. The number of pyridine rings is 1. The minimum Gasteiger partial charge on any atom is -0.316 e. The van der Waals surface area contributed by atoms with E-state index in [-0.39, 0.29) is 0 Å². The van der Waals surface area contributed by atoms with Gasteiger partial charge in [-0.25, -0.2) is 9.97 Å². The second-order valence-corrected chi connectivity index (χ2v) is 8.74. The molecule has 2 fully saturated rings. The number of piperidine rings is 1. The van der Waals surface area contributed by atoms with Crippen molar-refractivity contribution >= 4 is 22.3 Å². The van der Waals surface area contributed by atoms with E-state index in [1.54, 1.807) is 11.3 Å². The molecular weight excluding hydrogens is 352 g/mol. The summed E-state index contributed by atoms with van der Waals surface area (Å²) in [5.41, 5.74) is 2.39. The van der Waals surface area contributed by atoms with Crippen molar-refractivity contribution in [2.24, 2.45) is 5.92 Å². The van der Waals surface area contributed by atoms with Gasteiger partial charge in [-0.1, -0.05) is 47.7 Å². The fourth-order valence-electron chi connectivity index (χ4n) is 4.48. The standard InChI is InChI=1S/C22H24N4S/c1-2-5-16(6-3-1)20-14-23-22(27-20)26-21-8-4-7-17(25-21)11-15-12-18-9-10-19(13-15)24-18/h1-8,14-15,18-19,24H,9-13H2,(H,23,25,26). The molecule has 2 aromatic heterocycles. The van der Waals surface area contributed by atoms with E-state index in [1.165, 1.54) is 41.8 Å². The summed E-state index contributed by atoms with van der Waals surface area (Å²) in [6.07, 6.45) is 8.30. The van der Waals surface area contributed by atoms with Crippen molar-refractivity contribution in [3.05, 3.63) is 60.4 Å². The van der Waals surface area contributed by atoms with Crippen LogP contribution < -0.4 is 10.6 Å². The van der Waals surface area contributed by atoms with Gasteiger partial charge >= 0.3 is 0 Å². The highest BCUT2D eigenvalue weighted by molar-refractivity contribution is 7.18. The molecule has 3 aromatic rings. The fourth-order valence-corrected chi connectivity index (χ4v) is 5.31. The van der Waals surface area contributed by atoms with E-state index >= 15 is 0 Å². The van der Waals surface area contributed by atoms with Crippen LogP contribution in [0, 0.1) is 5.92 Å². The predicted octanol–water partition coefficient (Wildman–Crippen LogP) is 5.02. The van der Waals surface area contributed by atoms with Gasteiger partial charge in [0, 0.05) is 24.0 Å². The van der Waals surface area contributed by atoms with Gasteiger partial charge in [0.1, 0.15) is 5.82 Å². The molecule has 138 valence electrons. The minimum atomic E-state index is 0.738. The Kier molecular flexibility index (Phi) is 4.64. The average molecular weight is 377 g/mol. The van der Waals surface area contributed by atoms with Crippen LogP contribution in [-0.2, 0) is 6.42 Å². The monoisotopic (exact) mass is 376 g/mol. The lowest BCUT2D eigenvalue weighted by molar-refractivity contribution is 0.297. The zero-order valence-corrected chi connectivity index (χ0v) is 16.1. The van der Waals surface area contributed by atoms with Gasteiger partial charge < -0.3 is 10.6 Å². The first-order valence-electron chi connectivity index (χ1n) is 9.82. The highest BCUT2D eigenvalue weighted by Gasteiger charge is 2.33. The summed E-state index contributed by atoms with van der Waals surface area (Å²) in [6.45, 7) is 0. The molecule has 2 unspecified atom stereocenters. The third kappa shape index (κ3) is 3.89. The largest absolute Gasteiger partial charge is 0.316 e. The maximum atomic E-state index is 4.85. The number of nitrogens with zero attached hydrogens (tertiary/aromatic N) is 2. The van der Waals surface area contributed by atoms with Crippen LogP contribution >= 0.6 is 11.3 Å². The summed E-state index contributed by atoms with van der Waals surface area (Å²) in [5, 5.41) is 8.00. The molecule has 2 aliphatic rings. The first-order chi connectivity index (χ1) is 13.3. The molecule has 5 rings (SSSR count). The van der Waals surface area contributed by atoms with E-state index in [2.05, 4.69) is 52.0 Å². The lowest BCUT2D eigenvalue weighted by Gasteiger charge is -2.28. The second-order valence-electron chi connectivity index (χ2n) is 7.71. The van der Waals surface area contributed by atoms with Gasteiger partial charge in [0.05, 0.1) is 4.88 Å². The Morgan fingerprint density at radius 1 is 1.00 bits per heavy atom. The predicted molar refractivity (Wildman–Crippen MR) is 111 cm³/mol. The molecule has 2 aliphatic heterocycles. The number of rotatable bonds is 5. The molecule has 4 nitrogen and oxygen atoms in total. The summed E-state index contributed by atoms with van der Waals surface area (Å²) in [4.78, 5) is 10.5. The Balaban J connectivity index is 1.26. The summed E-state index contributed by atoms with van der Waals surface area (Å²) < 4.78 is 0. The highest BCUT2D eigenvalue weighted by Crippen LogP contribution is 2.33. The second kappa shape index (κ2) is 7.41. The van der Waals surface area contributed by atoms with Gasteiger partial charge in [-0.05, 0) is 55.7 Å². The van der Waals surface area contributed by atoms with E-state index in [0.29, 0.717) is 0 Å². The molecule has 1 aromatic carbocycles. The van der Waals surface area contributed by atoms with E-state index in [1.807, 2.05) is 18.3 Å². The van der Waals surface area contributed by atoms with Crippen LogP contribution in [0.1, 0.15) is 31.4 Å². The molecule has 0 spiro atoms. The topological polar surface area (TPSA) is 49.8 Å². The van der Waals surface area contributed by atoms with E-state index in [4.69, 9.17) is 4.98 Å². The number of nitrogens with one attached hydrogen (secondary N) is 2. The molecule has 5 heteroatoms. The third-order valence-corrected chi connectivity index (χ3v) is 6.64. The molecule has 0 amide bonds. The lowest BCUT2D eigenvalue weighted by atomic mass is 9.88. The van der Waals surface area contributed by atoms with Crippen LogP contribution in [0.4, 0.5) is 10.9 Å². The van der Waals surface area contributed by atoms with Crippen LogP contribution in [-0.4, -0.2) is 22.1 Å². The summed E-state index contributed by atoms with van der Waals surface area (Å²) in [6, 6.07) is 18.1. The van der Waals surface area contributed by atoms with E-state index in [9.17, 15) is 0 Å². The number of thiazole rings is 1. The SMILES string of the molecule is c1ccc(-c2cnc(Nc3cccc(CC4CC5CCC(C4)N5)n3)s2)cc1. The fraction of sp³-hybridized carbons (Fsp3) is 0.364. The van der Waals surface area contributed by atoms with Gasteiger partial charge in [-0.3, -0.25) is 0 Å². The molecule has 0 saturated carbocycles. The zero-order chi connectivity index (χ0) is 18.1. The number of benzene rings is 1. The van der Waals surface area contributed by atoms with Gasteiger partial charge in [0.25, 0.3) is 0 Å². The van der Waals surface area contributed by atoms with E-state index in [0.717, 1.165) is 35.4 Å². The van der Waals surface area contributed by atoms with Crippen molar-refractivity contribution in [1.82, 2.24) is 15.3 Å². The number of aromatic nitrogens is 2. The lowest BCUT2D eigenvalue weighted by Crippen LogP contribution is -2.38. The van der Waals surface area contributed by atoms with Crippen LogP contribution in [0.5, 0.6) is 0 Å². The summed E-state index contributed by atoms with van der Waals surface area (Å²) in [7, 11) is 0. The van der Waals surface area contributed by atoms with Crippen LogP contribution in [0.15, 0.2) is 54.7 Å². The quantitative estimate of drug-likeness (QED) is 0.656. The molecule has 27 heavy (non-hydrogen) atoms.